The molecule has 4 nitrogen and oxygen atoms in total. The summed E-state index contributed by atoms with van der Waals surface area (Å²) in [6.45, 7) is 0. The van der Waals surface area contributed by atoms with Gasteiger partial charge in [-0.1, -0.05) is 30.3 Å². The highest BCUT2D eigenvalue weighted by molar-refractivity contribution is 5.91. The first kappa shape index (κ1) is 13.2. The molecule has 2 aromatic rings. The normalized spacial score (nSPS) is 10.2. The summed E-state index contributed by atoms with van der Waals surface area (Å²) in [7, 11) is 2.80. The molecule has 100 valence electrons. The summed E-state index contributed by atoms with van der Waals surface area (Å²) >= 11 is 0. The molecule has 0 aliphatic heterocycles. The van der Waals surface area contributed by atoms with Gasteiger partial charge in [0.15, 0.2) is 0 Å². The van der Waals surface area contributed by atoms with Crippen LogP contribution in [0.1, 0.15) is 21.7 Å². The van der Waals surface area contributed by atoms with Crippen molar-refractivity contribution < 1.29 is 18.7 Å². The number of hydrogen-bond acceptors (Lipinski definition) is 4. The lowest BCUT2D eigenvalue weighted by molar-refractivity contribution is 0.0594. The lowest BCUT2D eigenvalue weighted by atomic mass is 10.1. The second kappa shape index (κ2) is 6.09. The highest BCUT2D eigenvalue weighted by atomic mass is 16.6. The van der Waals surface area contributed by atoms with E-state index in [2.05, 4.69) is 16.9 Å². The summed E-state index contributed by atoms with van der Waals surface area (Å²) in [5.74, 6) is 0.461. The Kier molecular flexibility index (Phi) is 4.23. The maximum atomic E-state index is 11.5. The van der Waals surface area contributed by atoms with Gasteiger partial charge >= 0.3 is 5.97 Å². The SMILES string of the molecule is COC(=O)c1cc(CCc2ccccc2)oc1OC. The van der Waals surface area contributed by atoms with Crippen LogP contribution in [0.3, 0.4) is 0 Å². The summed E-state index contributed by atoms with van der Waals surface area (Å²) in [6.07, 6.45) is 1.55. The standard InChI is InChI=1S/C15H16O4/c1-17-14(16)13-10-12(19-15(13)18-2)9-8-11-6-4-3-5-7-11/h3-7,10H,8-9H2,1-2H3. The van der Waals surface area contributed by atoms with Crippen LogP contribution in [0, 0.1) is 0 Å². The molecule has 0 amide bonds. The van der Waals surface area contributed by atoms with Crippen molar-refractivity contribution in [3.8, 4) is 5.95 Å². The molecule has 0 bridgehead atoms. The lowest BCUT2D eigenvalue weighted by Gasteiger charge is -1.98. The third-order valence-corrected chi connectivity index (χ3v) is 2.84. The highest BCUT2D eigenvalue weighted by Crippen LogP contribution is 2.25. The zero-order valence-electron chi connectivity index (χ0n) is 11.0. The highest BCUT2D eigenvalue weighted by Gasteiger charge is 2.19. The van der Waals surface area contributed by atoms with Crippen molar-refractivity contribution in [2.24, 2.45) is 0 Å². The van der Waals surface area contributed by atoms with Crippen LogP contribution in [0.2, 0.25) is 0 Å². The van der Waals surface area contributed by atoms with Crippen LogP contribution in [-0.4, -0.2) is 20.2 Å². The van der Waals surface area contributed by atoms with Gasteiger partial charge in [-0.3, -0.25) is 0 Å². The maximum Gasteiger partial charge on any atom is 0.345 e. The van der Waals surface area contributed by atoms with Gasteiger partial charge in [-0.25, -0.2) is 4.79 Å². The molecule has 0 aliphatic rings. The van der Waals surface area contributed by atoms with E-state index in [0.717, 1.165) is 6.42 Å². The summed E-state index contributed by atoms with van der Waals surface area (Å²) in [5.41, 5.74) is 1.55. The Balaban J connectivity index is 2.09. The minimum atomic E-state index is -0.452. The summed E-state index contributed by atoms with van der Waals surface area (Å²) in [5, 5.41) is 0. The molecule has 0 fully saturated rings. The van der Waals surface area contributed by atoms with Crippen molar-refractivity contribution >= 4 is 5.97 Å². The topological polar surface area (TPSA) is 48.7 Å². The van der Waals surface area contributed by atoms with Gasteiger partial charge in [0.25, 0.3) is 5.95 Å². The number of carbonyl (C=O) groups is 1. The summed E-state index contributed by atoms with van der Waals surface area (Å²) in [4.78, 5) is 11.5. The average molecular weight is 260 g/mol. The molecular formula is C15H16O4. The molecule has 0 N–H and O–H groups in total. The Morgan fingerprint density at radius 3 is 2.53 bits per heavy atom. The van der Waals surface area contributed by atoms with Crippen LogP contribution >= 0.6 is 0 Å². The molecule has 1 heterocycles. The van der Waals surface area contributed by atoms with Crippen LogP contribution in [0.25, 0.3) is 0 Å². The Hall–Kier alpha value is -2.23. The van der Waals surface area contributed by atoms with Gasteiger partial charge in [0, 0.05) is 6.42 Å². The molecule has 19 heavy (non-hydrogen) atoms. The molecule has 1 aromatic heterocycles. The quantitative estimate of drug-likeness (QED) is 0.776. The Bertz CT molecular complexity index is 543. The molecule has 2 rings (SSSR count). The van der Waals surface area contributed by atoms with E-state index in [1.807, 2.05) is 18.2 Å². The van der Waals surface area contributed by atoms with Gasteiger partial charge in [-0.05, 0) is 18.1 Å². The van der Waals surface area contributed by atoms with Gasteiger partial charge in [-0.15, -0.1) is 0 Å². The molecule has 0 saturated carbocycles. The second-order valence-corrected chi connectivity index (χ2v) is 4.10. The van der Waals surface area contributed by atoms with Crippen molar-refractivity contribution in [2.75, 3.05) is 14.2 Å². The Morgan fingerprint density at radius 1 is 1.16 bits per heavy atom. The minimum absolute atomic E-state index is 0.204. The third kappa shape index (κ3) is 3.16. The van der Waals surface area contributed by atoms with Crippen molar-refractivity contribution in [1.82, 2.24) is 0 Å². The number of hydrogen-bond donors (Lipinski definition) is 0. The van der Waals surface area contributed by atoms with Gasteiger partial charge in [0.05, 0.1) is 14.2 Å². The lowest BCUT2D eigenvalue weighted by Crippen LogP contribution is -2.01. The van der Waals surface area contributed by atoms with E-state index in [1.165, 1.54) is 19.8 Å². The zero-order valence-corrected chi connectivity index (χ0v) is 11.0. The number of ether oxygens (including phenoxy) is 2. The molecule has 0 saturated heterocycles. The monoisotopic (exact) mass is 260 g/mol. The van der Waals surface area contributed by atoms with E-state index in [0.29, 0.717) is 17.7 Å². The maximum absolute atomic E-state index is 11.5. The van der Waals surface area contributed by atoms with E-state index in [9.17, 15) is 4.79 Å². The van der Waals surface area contributed by atoms with Crippen molar-refractivity contribution in [3.05, 3.63) is 53.3 Å². The van der Waals surface area contributed by atoms with E-state index in [-0.39, 0.29) is 5.95 Å². The molecule has 1 aromatic carbocycles. The Morgan fingerprint density at radius 2 is 1.89 bits per heavy atom. The fourth-order valence-electron chi connectivity index (χ4n) is 1.86. The number of rotatable bonds is 5. The number of furan rings is 1. The van der Waals surface area contributed by atoms with Crippen molar-refractivity contribution in [2.45, 2.75) is 12.8 Å². The molecule has 0 aliphatic carbocycles. The molecule has 0 radical (unpaired) electrons. The number of benzene rings is 1. The molecule has 0 unspecified atom stereocenters. The fraction of sp³-hybridized carbons (Fsp3) is 0.267. The second-order valence-electron chi connectivity index (χ2n) is 4.10. The first-order valence-electron chi connectivity index (χ1n) is 6.03. The van der Waals surface area contributed by atoms with Crippen LogP contribution < -0.4 is 4.74 Å². The predicted octanol–water partition coefficient (Wildman–Crippen LogP) is 2.86. The van der Waals surface area contributed by atoms with Crippen molar-refractivity contribution in [1.29, 1.82) is 0 Å². The van der Waals surface area contributed by atoms with Crippen LogP contribution in [0.4, 0.5) is 0 Å². The molecular weight excluding hydrogens is 244 g/mol. The fourth-order valence-corrected chi connectivity index (χ4v) is 1.86. The zero-order chi connectivity index (χ0) is 13.7. The van der Waals surface area contributed by atoms with E-state index in [4.69, 9.17) is 9.15 Å². The van der Waals surface area contributed by atoms with Gasteiger partial charge in [0.2, 0.25) is 0 Å². The third-order valence-electron chi connectivity index (χ3n) is 2.84. The van der Waals surface area contributed by atoms with E-state index in [1.54, 1.807) is 6.07 Å². The van der Waals surface area contributed by atoms with Gasteiger partial charge in [0.1, 0.15) is 11.3 Å². The minimum Gasteiger partial charge on any atom is -0.468 e. The smallest absolute Gasteiger partial charge is 0.345 e. The number of aryl methyl sites for hydroxylation is 2. The number of methoxy groups -OCH3 is 2. The first-order chi connectivity index (χ1) is 9.24. The first-order valence-corrected chi connectivity index (χ1v) is 6.03. The molecule has 0 spiro atoms. The van der Waals surface area contributed by atoms with E-state index >= 15 is 0 Å². The van der Waals surface area contributed by atoms with Crippen molar-refractivity contribution in [3.63, 3.8) is 0 Å². The predicted molar refractivity (Wildman–Crippen MR) is 70.4 cm³/mol. The number of esters is 1. The summed E-state index contributed by atoms with van der Waals surface area (Å²) in [6, 6.07) is 11.8. The van der Waals surface area contributed by atoms with Crippen LogP contribution in [-0.2, 0) is 17.6 Å². The average Bonchev–Trinajstić information content (AvgIpc) is 2.88. The van der Waals surface area contributed by atoms with Crippen LogP contribution in [0.5, 0.6) is 5.95 Å². The summed E-state index contributed by atoms with van der Waals surface area (Å²) < 4.78 is 15.2. The number of carbonyl (C=O) groups excluding carboxylic acids is 1. The van der Waals surface area contributed by atoms with Crippen LogP contribution in [0.15, 0.2) is 40.8 Å². The van der Waals surface area contributed by atoms with Gasteiger partial charge < -0.3 is 13.9 Å². The van der Waals surface area contributed by atoms with E-state index < -0.39 is 5.97 Å². The largest absolute Gasteiger partial charge is 0.468 e. The molecule has 0 atom stereocenters. The molecule has 4 heteroatoms. The Labute approximate surface area is 111 Å². The van der Waals surface area contributed by atoms with Gasteiger partial charge in [-0.2, -0.15) is 0 Å².